The Morgan fingerprint density at radius 2 is 1.66 bits per heavy atom. The van der Waals surface area contributed by atoms with Gasteiger partial charge in [-0.1, -0.05) is 71.0 Å². The quantitative estimate of drug-likeness (QED) is 0.265. The first-order valence-electron chi connectivity index (χ1n) is 10.0. The summed E-state index contributed by atoms with van der Waals surface area (Å²) in [5, 5.41) is 10.3. The number of thioether (sulfide) groups is 1. The van der Waals surface area contributed by atoms with Gasteiger partial charge in [0.05, 0.1) is 28.8 Å². The Morgan fingerprint density at radius 3 is 2.47 bits per heavy atom. The fraction of sp³-hybridized carbons (Fsp3) is 0.0833. The van der Waals surface area contributed by atoms with Gasteiger partial charge in [-0.05, 0) is 42.0 Å². The van der Waals surface area contributed by atoms with Crippen LogP contribution in [-0.2, 0) is 12.3 Å². The van der Waals surface area contributed by atoms with Gasteiger partial charge in [0.15, 0.2) is 5.16 Å². The molecule has 0 radical (unpaired) electrons. The Hall–Kier alpha value is -3.42. The van der Waals surface area contributed by atoms with Crippen molar-refractivity contribution in [2.45, 2.75) is 17.5 Å². The van der Waals surface area contributed by atoms with Crippen LogP contribution in [0.5, 0.6) is 0 Å². The first kappa shape index (κ1) is 20.5. The Morgan fingerprint density at radius 1 is 0.906 bits per heavy atom. The van der Waals surface area contributed by atoms with Crippen molar-refractivity contribution in [2.24, 2.45) is 0 Å². The summed E-state index contributed by atoms with van der Waals surface area (Å²) in [5.74, 6) is 0.535. The lowest BCUT2D eigenvalue weighted by Crippen LogP contribution is -2.21. The number of fused-ring (bicyclic) bond motifs is 1. The molecule has 32 heavy (non-hydrogen) atoms. The molecule has 0 atom stereocenters. The molecular formula is C24H18ClN5OS. The largest absolute Gasteiger partial charge is 0.268 e. The van der Waals surface area contributed by atoms with Crippen molar-refractivity contribution in [1.29, 1.82) is 0 Å². The van der Waals surface area contributed by atoms with E-state index < -0.39 is 0 Å². The van der Waals surface area contributed by atoms with Crippen molar-refractivity contribution < 1.29 is 0 Å². The van der Waals surface area contributed by atoms with Crippen LogP contribution in [0.1, 0.15) is 11.3 Å². The molecule has 0 amide bonds. The number of halogens is 1. The van der Waals surface area contributed by atoms with Crippen LogP contribution in [0.2, 0.25) is 5.02 Å². The standard InChI is InChI=1S/C24H18ClN5OS/c25-18-10-12-20(13-11-18)30-23(31)21-8-4-5-9-22(21)26-24(30)32-16-19-15-29(28-27-19)14-17-6-2-1-3-7-17/h1-13,15H,14,16H2. The summed E-state index contributed by atoms with van der Waals surface area (Å²) in [7, 11) is 0. The minimum atomic E-state index is -0.117. The Labute approximate surface area is 193 Å². The molecule has 5 aromatic rings. The highest BCUT2D eigenvalue weighted by Crippen LogP contribution is 2.24. The van der Waals surface area contributed by atoms with Crippen LogP contribution in [0, 0.1) is 0 Å². The number of para-hydroxylation sites is 1. The third-order valence-electron chi connectivity index (χ3n) is 4.95. The van der Waals surface area contributed by atoms with Crippen LogP contribution in [-0.4, -0.2) is 24.5 Å². The van der Waals surface area contributed by atoms with E-state index in [2.05, 4.69) is 22.4 Å². The average Bonchev–Trinajstić information content (AvgIpc) is 3.26. The summed E-state index contributed by atoms with van der Waals surface area (Å²) < 4.78 is 3.43. The highest BCUT2D eigenvalue weighted by molar-refractivity contribution is 7.98. The summed E-state index contributed by atoms with van der Waals surface area (Å²) >= 11 is 7.50. The topological polar surface area (TPSA) is 65.6 Å². The summed E-state index contributed by atoms with van der Waals surface area (Å²) in [6.45, 7) is 0.655. The van der Waals surface area contributed by atoms with Crippen molar-refractivity contribution in [2.75, 3.05) is 0 Å². The molecule has 0 saturated heterocycles. The SMILES string of the molecule is O=c1c2ccccc2nc(SCc2cn(Cc3ccccc3)nn2)n1-c1ccc(Cl)cc1. The van der Waals surface area contributed by atoms with Gasteiger partial charge >= 0.3 is 0 Å². The molecule has 8 heteroatoms. The van der Waals surface area contributed by atoms with E-state index in [0.717, 1.165) is 11.3 Å². The van der Waals surface area contributed by atoms with Crippen LogP contribution in [0.3, 0.4) is 0 Å². The molecule has 0 aliphatic carbocycles. The number of hydrogen-bond donors (Lipinski definition) is 0. The zero-order valence-corrected chi connectivity index (χ0v) is 18.5. The molecule has 5 rings (SSSR count). The molecule has 0 fully saturated rings. The van der Waals surface area contributed by atoms with Crippen molar-refractivity contribution >= 4 is 34.3 Å². The van der Waals surface area contributed by atoms with Gasteiger partial charge in [0, 0.05) is 17.0 Å². The predicted octanol–water partition coefficient (Wildman–Crippen LogP) is 4.97. The second-order valence-corrected chi connectivity index (χ2v) is 8.59. The first-order chi connectivity index (χ1) is 15.7. The maximum atomic E-state index is 13.3. The summed E-state index contributed by atoms with van der Waals surface area (Å²) in [4.78, 5) is 18.1. The minimum absolute atomic E-state index is 0.117. The van der Waals surface area contributed by atoms with E-state index >= 15 is 0 Å². The Bertz CT molecular complexity index is 1430. The van der Waals surface area contributed by atoms with E-state index in [1.165, 1.54) is 11.8 Å². The van der Waals surface area contributed by atoms with E-state index in [4.69, 9.17) is 16.6 Å². The summed E-state index contributed by atoms with van der Waals surface area (Å²) in [6, 6.07) is 24.6. The van der Waals surface area contributed by atoms with Gasteiger partial charge in [-0.3, -0.25) is 9.36 Å². The van der Waals surface area contributed by atoms with E-state index in [-0.39, 0.29) is 5.56 Å². The maximum absolute atomic E-state index is 13.3. The monoisotopic (exact) mass is 459 g/mol. The van der Waals surface area contributed by atoms with Crippen LogP contribution < -0.4 is 5.56 Å². The zero-order valence-electron chi connectivity index (χ0n) is 16.9. The normalized spacial score (nSPS) is 11.2. The zero-order chi connectivity index (χ0) is 21.9. The molecule has 3 aromatic carbocycles. The molecule has 158 valence electrons. The molecule has 0 bridgehead atoms. The van der Waals surface area contributed by atoms with Crippen molar-refractivity contribution in [3.8, 4) is 5.69 Å². The fourth-order valence-corrected chi connectivity index (χ4v) is 4.43. The van der Waals surface area contributed by atoms with Gasteiger partial charge in [-0.25, -0.2) is 9.67 Å². The number of rotatable bonds is 6. The van der Waals surface area contributed by atoms with Crippen LogP contribution in [0.25, 0.3) is 16.6 Å². The third kappa shape index (κ3) is 4.30. The smallest absolute Gasteiger partial charge is 0.266 e. The highest BCUT2D eigenvalue weighted by atomic mass is 35.5. The van der Waals surface area contributed by atoms with E-state index in [9.17, 15) is 4.79 Å². The van der Waals surface area contributed by atoms with Gasteiger partial charge in [-0.15, -0.1) is 5.10 Å². The van der Waals surface area contributed by atoms with E-state index in [1.54, 1.807) is 22.8 Å². The molecule has 2 heterocycles. The molecule has 6 nitrogen and oxygen atoms in total. The lowest BCUT2D eigenvalue weighted by atomic mass is 10.2. The van der Waals surface area contributed by atoms with Crippen molar-refractivity contribution in [1.82, 2.24) is 24.5 Å². The van der Waals surface area contributed by atoms with Gasteiger partial charge < -0.3 is 0 Å². The number of aromatic nitrogens is 5. The summed E-state index contributed by atoms with van der Waals surface area (Å²) in [6.07, 6.45) is 1.92. The average molecular weight is 460 g/mol. The van der Waals surface area contributed by atoms with Crippen LogP contribution in [0.4, 0.5) is 0 Å². The van der Waals surface area contributed by atoms with Gasteiger partial charge in [0.1, 0.15) is 0 Å². The molecule has 0 aliphatic rings. The first-order valence-corrected chi connectivity index (χ1v) is 11.4. The van der Waals surface area contributed by atoms with Gasteiger partial charge in [-0.2, -0.15) is 0 Å². The molecule has 0 N–H and O–H groups in total. The second kappa shape index (κ2) is 8.98. The van der Waals surface area contributed by atoms with Crippen molar-refractivity contribution in [3.05, 3.63) is 112 Å². The van der Waals surface area contributed by atoms with Crippen molar-refractivity contribution in [3.63, 3.8) is 0 Å². The Balaban J connectivity index is 1.45. The van der Waals surface area contributed by atoms with Crippen LogP contribution >= 0.6 is 23.4 Å². The minimum Gasteiger partial charge on any atom is -0.268 e. The van der Waals surface area contributed by atoms with E-state index in [0.29, 0.717) is 39.1 Å². The van der Waals surface area contributed by atoms with Gasteiger partial charge in [0.25, 0.3) is 5.56 Å². The number of benzene rings is 3. The molecule has 0 saturated carbocycles. The van der Waals surface area contributed by atoms with Crippen LogP contribution in [0.15, 0.2) is 95.0 Å². The lowest BCUT2D eigenvalue weighted by Gasteiger charge is -2.13. The molecule has 0 spiro atoms. The number of nitrogens with zero attached hydrogens (tertiary/aromatic N) is 5. The second-order valence-electron chi connectivity index (χ2n) is 7.21. The predicted molar refractivity (Wildman–Crippen MR) is 127 cm³/mol. The molecule has 0 unspecified atom stereocenters. The lowest BCUT2D eigenvalue weighted by molar-refractivity contribution is 0.649. The highest BCUT2D eigenvalue weighted by Gasteiger charge is 2.14. The molecule has 2 aromatic heterocycles. The van der Waals surface area contributed by atoms with Gasteiger partial charge in [0.2, 0.25) is 0 Å². The molecular weight excluding hydrogens is 442 g/mol. The summed E-state index contributed by atoms with van der Waals surface area (Å²) in [5.41, 5.74) is 3.24. The van der Waals surface area contributed by atoms with E-state index in [1.807, 2.05) is 59.4 Å². The fourth-order valence-electron chi connectivity index (χ4n) is 3.42. The Kier molecular flexibility index (Phi) is 5.75. The molecule has 0 aliphatic heterocycles. The third-order valence-corrected chi connectivity index (χ3v) is 6.18. The maximum Gasteiger partial charge on any atom is 0.266 e. The number of hydrogen-bond acceptors (Lipinski definition) is 5.